The molecule has 0 atom stereocenters. The number of aromatic nitrogens is 1. The van der Waals surface area contributed by atoms with E-state index < -0.39 is 0 Å². The number of para-hydroxylation sites is 1. The Morgan fingerprint density at radius 1 is 0.882 bits per heavy atom. The van der Waals surface area contributed by atoms with E-state index in [1.54, 1.807) is 0 Å². The Bertz CT molecular complexity index is 698. The molecule has 3 rings (SSSR count). The number of benzene rings is 2. The van der Waals surface area contributed by atoms with Crippen LogP contribution in [0.15, 0.2) is 61.2 Å². The van der Waals surface area contributed by atoms with Gasteiger partial charge in [0.15, 0.2) is 0 Å². The molecule has 2 aromatic carbocycles. The predicted molar refractivity (Wildman–Crippen MR) is 73.2 cm³/mol. The maximum absolute atomic E-state index is 4.72. The zero-order valence-corrected chi connectivity index (χ0v) is 9.56. The lowest BCUT2D eigenvalue weighted by Crippen LogP contribution is -1.91. The number of hydrogen-bond donors (Lipinski definition) is 0. The molecule has 0 aliphatic heterocycles. The largest absolute Gasteiger partial charge is 0.252 e. The van der Waals surface area contributed by atoms with E-state index in [1.807, 2.05) is 12.1 Å². The van der Waals surface area contributed by atoms with Crippen LogP contribution in [-0.4, -0.2) is 4.98 Å². The molecule has 0 aliphatic carbocycles. The average Bonchev–Trinajstić information content (AvgIpc) is 2.39. The summed E-state index contributed by atoms with van der Waals surface area (Å²) in [5, 5.41) is 3.72. The molecular formula is C16H13N. The highest BCUT2D eigenvalue weighted by atomic mass is 14.7. The van der Waals surface area contributed by atoms with E-state index in [9.17, 15) is 0 Å². The smallest absolute Gasteiger partial charge is 0.0711 e. The van der Waals surface area contributed by atoms with Gasteiger partial charge in [0.25, 0.3) is 0 Å². The molecule has 0 saturated heterocycles. The van der Waals surface area contributed by atoms with E-state index in [4.69, 9.17) is 4.98 Å². The molecule has 0 radical (unpaired) electrons. The first kappa shape index (κ1) is 10.0. The minimum absolute atomic E-state index is 0.811. The summed E-state index contributed by atoms with van der Waals surface area (Å²) in [5.74, 6) is 0. The topological polar surface area (TPSA) is 12.9 Å². The number of pyridine rings is 1. The molecule has 0 amide bonds. The van der Waals surface area contributed by atoms with Crippen LogP contribution in [0.5, 0.6) is 0 Å². The maximum Gasteiger partial charge on any atom is 0.0711 e. The van der Waals surface area contributed by atoms with Crippen LogP contribution in [0, 0.1) is 0 Å². The zero-order chi connectivity index (χ0) is 11.7. The van der Waals surface area contributed by atoms with Crippen molar-refractivity contribution in [1.82, 2.24) is 4.98 Å². The highest BCUT2D eigenvalue weighted by Gasteiger charge is 2.05. The Hall–Kier alpha value is -2.15. The second-order valence-corrected chi connectivity index (χ2v) is 4.11. The standard InChI is InChI=1S/C16H13N/c1-2-7-15-13-9-4-3-8-12(13)14-10-5-6-11-16(14)17-15/h2-6,8-11H,1,7H2. The molecule has 1 heteroatoms. The van der Waals surface area contributed by atoms with Crippen LogP contribution in [0.25, 0.3) is 21.7 Å². The first-order valence-electron chi connectivity index (χ1n) is 5.77. The van der Waals surface area contributed by atoms with Gasteiger partial charge in [-0.1, -0.05) is 48.5 Å². The van der Waals surface area contributed by atoms with Gasteiger partial charge in [0.05, 0.1) is 11.2 Å². The molecule has 1 heterocycles. The Labute approximate surface area is 100 Å². The average molecular weight is 219 g/mol. The van der Waals surface area contributed by atoms with Crippen molar-refractivity contribution in [1.29, 1.82) is 0 Å². The second-order valence-electron chi connectivity index (χ2n) is 4.11. The van der Waals surface area contributed by atoms with Gasteiger partial charge in [-0.25, -0.2) is 0 Å². The quantitative estimate of drug-likeness (QED) is 0.466. The molecule has 17 heavy (non-hydrogen) atoms. The van der Waals surface area contributed by atoms with Gasteiger partial charge in [-0.05, 0) is 11.5 Å². The second kappa shape index (κ2) is 4.02. The fourth-order valence-corrected chi connectivity index (χ4v) is 2.27. The monoisotopic (exact) mass is 219 g/mol. The maximum atomic E-state index is 4.72. The van der Waals surface area contributed by atoms with Crippen molar-refractivity contribution in [3.63, 3.8) is 0 Å². The molecule has 1 aromatic heterocycles. The molecule has 3 aromatic rings. The van der Waals surface area contributed by atoms with Crippen LogP contribution in [0.1, 0.15) is 5.69 Å². The van der Waals surface area contributed by atoms with Crippen molar-refractivity contribution in [3.8, 4) is 0 Å². The van der Waals surface area contributed by atoms with Gasteiger partial charge in [0.1, 0.15) is 0 Å². The Morgan fingerprint density at radius 2 is 1.53 bits per heavy atom. The summed E-state index contributed by atoms with van der Waals surface area (Å²) in [6.45, 7) is 3.80. The fourth-order valence-electron chi connectivity index (χ4n) is 2.27. The summed E-state index contributed by atoms with van der Waals surface area (Å²) in [7, 11) is 0. The zero-order valence-electron chi connectivity index (χ0n) is 9.56. The van der Waals surface area contributed by atoms with Gasteiger partial charge < -0.3 is 0 Å². The van der Waals surface area contributed by atoms with Gasteiger partial charge in [0.2, 0.25) is 0 Å². The van der Waals surface area contributed by atoms with Crippen molar-refractivity contribution in [2.24, 2.45) is 0 Å². The molecule has 0 unspecified atom stereocenters. The van der Waals surface area contributed by atoms with E-state index in [1.165, 1.54) is 16.2 Å². The summed E-state index contributed by atoms with van der Waals surface area (Å²) in [6.07, 6.45) is 2.72. The summed E-state index contributed by atoms with van der Waals surface area (Å²) < 4.78 is 0. The molecule has 0 bridgehead atoms. The van der Waals surface area contributed by atoms with Gasteiger partial charge >= 0.3 is 0 Å². The van der Waals surface area contributed by atoms with E-state index in [-0.39, 0.29) is 0 Å². The van der Waals surface area contributed by atoms with Gasteiger partial charge in [0, 0.05) is 17.2 Å². The summed E-state index contributed by atoms with van der Waals surface area (Å²) in [4.78, 5) is 4.72. The lowest BCUT2D eigenvalue weighted by molar-refractivity contribution is 1.17. The molecule has 1 nitrogen and oxygen atoms in total. The minimum atomic E-state index is 0.811. The fraction of sp³-hybridized carbons (Fsp3) is 0.0625. The third-order valence-corrected chi connectivity index (χ3v) is 3.03. The Morgan fingerprint density at radius 3 is 2.29 bits per heavy atom. The molecule has 0 aliphatic rings. The van der Waals surface area contributed by atoms with Crippen LogP contribution in [0.2, 0.25) is 0 Å². The number of nitrogens with zero attached hydrogens (tertiary/aromatic N) is 1. The van der Waals surface area contributed by atoms with Crippen molar-refractivity contribution >= 4 is 21.7 Å². The van der Waals surface area contributed by atoms with E-state index in [2.05, 4.69) is 49.0 Å². The Kier molecular flexibility index (Phi) is 2.37. The third kappa shape index (κ3) is 1.60. The summed E-state index contributed by atoms with van der Waals surface area (Å²) in [6, 6.07) is 16.7. The van der Waals surface area contributed by atoms with E-state index in [0.29, 0.717) is 0 Å². The third-order valence-electron chi connectivity index (χ3n) is 3.03. The molecular weight excluding hydrogens is 206 g/mol. The van der Waals surface area contributed by atoms with Crippen molar-refractivity contribution in [2.75, 3.05) is 0 Å². The highest BCUT2D eigenvalue weighted by molar-refractivity contribution is 6.06. The highest BCUT2D eigenvalue weighted by Crippen LogP contribution is 2.26. The molecule has 0 spiro atoms. The first-order chi connectivity index (χ1) is 8.40. The number of fused-ring (bicyclic) bond motifs is 3. The molecule has 0 fully saturated rings. The van der Waals surface area contributed by atoms with Crippen LogP contribution in [-0.2, 0) is 6.42 Å². The van der Waals surface area contributed by atoms with Crippen LogP contribution in [0.4, 0.5) is 0 Å². The van der Waals surface area contributed by atoms with E-state index >= 15 is 0 Å². The van der Waals surface area contributed by atoms with E-state index in [0.717, 1.165) is 17.6 Å². The van der Waals surface area contributed by atoms with Gasteiger partial charge in [-0.2, -0.15) is 0 Å². The molecule has 0 saturated carbocycles. The van der Waals surface area contributed by atoms with Crippen molar-refractivity contribution < 1.29 is 0 Å². The number of hydrogen-bond acceptors (Lipinski definition) is 1. The van der Waals surface area contributed by atoms with Crippen LogP contribution < -0.4 is 0 Å². The summed E-state index contributed by atoms with van der Waals surface area (Å²) >= 11 is 0. The number of rotatable bonds is 2. The van der Waals surface area contributed by atoms with Gasteiger partial charge in [-0.3, -0.25) is 4.98 Å². The lowest BCUT2D eigenvalue weighted by Gasteiger charge is -2.07. The normalized spacial score (nSPS) is 10.8. The van der Waals surface area contributed by atoms with Crippen molar-refractivity contribution in [2.45, 2.75) is 6.42 Å². The minimum Gasteiger partial charge on any atom is -0.252 e. The SMILES string of the molecule is C=CCc1nc2ccccc2c2ccccc12. The van der Waals surface area contributed by atoms with Crippen LogP contribution >= 0.6 is 0 Å². The Balaban J connectivity index is 2.49. The van der Waals surface area contributed by atoms with Crippen molar-refractivity contribution in [3.05, 3.63) is 66.9 Å². The lowest BCUT2D eigenvalue weighted by atomic mass is 10.0. The van der Waals surface area contributed by atoms with Gasteiger partial charge in [-0.15, -0.1) is 6.58 Å². The first-order valence-corrected chi connectivity index (χ1v) is 5.77. The number of allylic oxidation sites excluding steroid dienone is 1. The molecule has 82 valence electrons. The summed E-state index contributed by atoms with van der Waals surface area (Å²) in [5.41, 5.74) is 2.16. The molecule has 0 N–H and O–H groups in total. The van der Waals surface area contributed by atoms with Crippen LogP contribution in [0.3, 0.4) is 0 Å². The predicted octanol–water partition coefficient (Wildman–Crippen LogP) is 4.12.